The zero-order chi connectivity index (χ0) is 13.5. The fourth-order valence-corrected chi connectivity index (χ4v) is 2.35. The molecule has 0 spiro atoms. The highest BCUT2D eigenvalue weighted by Crippen LogP contribution is 2.17. The first-order valence-corrected chi connectivity index (χ1v) is 7.16. The molecule has 0 aromatic heterocycles. The van der Waals surface area contributed by atoms with Crippen molar-refractivity contribution >= 4 is 11.6 Å². The van der Waals surface area contributed by atoms with E-state index in [-0.39, 0.29) is 0 Å². The van der Waals surface area contributed by atoms with E-state index in [4.69, 9.17) is 11.6 Å². The molecule has 1 nitrogen and oxygen atoms in total. The Morgan fingerprint density at radius 3 is 2.58 bits per heavy atom. The third-order valence-electron chi connectivity index (χ3n) is 3.28. The fourth-order valence-electron chi connectivity index (χ4n) is 2.15. The third kappa shape index (κ3) is 4.70. The molecule has 0 amide bonds. The summed E-state index contributed by atoms with van der Waals surface area (Å²) < 4.78 is 0. The molecular weight excluding hydrogens is 254 g/mol. The van der Waals surface area contributed by atoms with Gasteiger partial charge in [-0.3, -0.25) is 0 Å². The normalized spacial score (nSPS) is 12.3. The van der Waals surface area contributed by atoms with Crippen molar-refractivity contribution < 1.29 is 0 Å². The second-order valence-electron chi connectivity index (χ2n) is 4.82. The van der Waals surface area contributed by atoms with E-state index in [0.717, 1.165) is 24.4 Å². The van der Waals surface area contributed by atoms with Gasteiger partial charge in [-0.15, -0.1) is 0 Å². The standard InChI is InChI=1S/C17H20ClN/c1-14(16-10-5-11-17(18)13-16)19-12-6-9-15-7-3-2-4-8-15/h2-5,7-8,10-11,13-14,19H,6,9,12H2,1H3/t14-/m0/s1. The first-order chi connectivity index (χ1) is 9.25. The lowest BCUT2D eigenvalue weighted by molar-refractivity contribution is 0.558. The van der Waals surface area contributed by atoms with Gasteiger partial charge in [0.05, 0.1) is 0 Å². The van der Waals surface area contributed by atoms with Crippen molar-refractivity contribution in [1.29, 1.82) is 0 Å². The number of aryl methyl sites for hydroxylation is 1. The summed E-state index contributed by atoms with van der Waals surface area (Å²) in [4.78, 5) is 0. The zero-order valence-corrected chi connectivity index (χ0v) is 12.0. The van der Waals surface area contributed by atoms with Crippen LogP contribution in [-0.2, 0) is 6.42 Å². The van der Waals surface area contributed by atoms with Crippen LogP contribution in [0.2, 0.25) is 5.02 Å². The van der Waals surface area contributed by atoms with E-state index < -0.39 is 0 Å². The van der Waals surface area contributed by atoms with Gasteiger partial charge in [0.15, 0.2) is 0 Å². The summed E-state index contributed by atoms with van der Waals surface area (Å²) in [6.45, 7) is 3.19. The van der Waals surface area contributed by atoms with E-state index in [1.807, 2.05) is 18.2 Å². The van der Waals surface area contributed by atoms with Crippen LogP contribution in [0.5, 0.6) is 0 Å². The minimum atomic E-state index is 0.342. The van der Waals surface area contributed by atoms with Gasteiger partial charge in [0.2, 0.25) is 0 Å². The van der Waals surface area contributed by atoms with Crippen molar-refractivity contribution in [3.05, 3.63) is 70.7 Å². The Balaban J connectivity index is 1.74. The van der Waals surface area contributed by atoms with Crippen molar-refractivity contribution in [1.82, 2.24) is 5.32 Å². The van der Waals surface area contributed by atoms with Crippen LogP contribution in [0.3, 0.4) is 0 Å². The lowest BCUT2D eigenvalue weighted by Crippen LogP contribution is -2.20. The van der Waals surface area contributed by atoms with Gasteiger partial charge in [-0.1, -0.05) is 54.1 Å². The molecule has 1 atom stereocenters. The van der Waals surface area contributed by atoms with E-state index >= 15 is 0 Å². The van der Waals surface area contributed by atoms with Gasteiger partial charge in [0.25, 0.3) is 0 Å². The van der Waals surface area contributed by atoms with Crippen molar-refractivity contribution in [2.45, 2.75) is 25.8 Å². The molecule has 2 aromatic rings. The number of benzene rings is 2. The van der Waals surface area contributed by atoms with Crippen molar-refractivity contribution in [2.24, 2.45) is 0 Å². The van der Waals surface area contributed by atoms with Crippen LogP contribution in [0, 0.1) is 0 Å². The Morgan fingerprint density at radius 2 is 1.84 bits per heavy atom. The first-order valence-electron chi connectivity index (χ1n) is 6.78. The van der Waals surface area contributed by atoms with Gasteiger partial charge < -0.3 is 5.32 Å². The van der Waals surface area contributed by atoms with E-state index in [0.29, 0.717) is 6.04 Å². The minimum absolute atomic E-state index is 0.342. The highest BCUT2D eigenvalue weighted by molar-refractivity contribution is 6.30. The monoisotopic (exact) mass is 273 g/mol. The fraction of sp³-hybridized carbons (Fsp3) is 0.294. The van der Waals surface area contributed by atoms with Gasteiger partial charge in [0, 0.05) is 11.1 Å². The van der Waals surface area contributed by atoms with Crippen molar-refractivity contribution in [2.75, 3.05) is 6.54 Å². The molecule has 2 rings (SSSR count). The van der Waals surface area contributed by atoms with Gasteiger partial charge in [0.1, 0.15) is 0 Å². The summed E-state index contributed by atoms with van der Waals surface area (Å²) in [5.74, 6) is 0. The molecule has 0 aliphatic rings. The molecule has 0 heterocycles. The van der Waals surface area contributed by atoms with Crippen LogP contribution < -0.4 is 5.32 Å². The Kier molecular flexibility index (Phi) is 5.44. The minimum Gasteiger partial charge on any atom is -0.310 e. The largest absolute Gasteiger partial charge is 0.310 e. The molecule has 0 bridgehead atoms. The average Bonchev–Trinajstić information content (AvgIpc) is 2.44. The molecule has 1 N–H and O–H groups in total. The highest BCUT2D eigenvalue weighted by Gasteiger charge is 2.04. The highest BCUT2D eigenvalue weighted by atomic mass is 35.5. The molecule has 0 fully saturated rings. The summed E-state index contributed by atoms with van der Waals surface area (Å²) in [5.41, 5.74) is 2.65. The topological polar surface area (TPSA) is 12.0 Å². The van der Waals surface area contributed by atoms with Crippen molar-refractivity contribution in [3.63, 3.8) is 0 Å². The molecule has 0 radical (unpaired) electrons. The summed E-state index contributed by atoms with van der Waals surface area (Å²) in [6, 6.07) is 19.0. The number of hydrogen-bond acceptors (Lipinski definition) is 1. The van der Waals surface area contributed by atoms with Crippen LogP contribution in [0.15, 0.2) is 54.6 Å². The smallest absolute Gasteiger partial charge is 0.0409 e. The summed E-state index contributed by atoms with van der Waals surface area (Å²) in [6.07, 6.45) is 2.27. The molecule has 0 unspecified atom stereocenters. The summed E-state index contributed by atoms with van der Waals surface area (Å²) in [5, 5.41) is 4.34. The molecular formula is C17H20ClN. The second kappa shape index (κ2) is 7.32. The van der Waals surface area contributed by atoms with Crippen LogP contribution in [-0.4, -0.2) is 6.54 Å². The van der Waals surface area contributed by atoms with Gasteiger partial charge in [-0.05, 0) is 49.6 Å². The number of halogens is 1. The average molecular weight is 274 g/mol. The van der Waals surface area contributed by atoms with Crippen molar-refractivity contribution in [3.8, 4) is 0 Å². The maximum atomic E-state index is 6.00. The summed E-state index contributed by atoms with van der Waals surface area (Å²) >= 11 is 6.00. The third-order valence-corrected chi connectivity index (χ3v) is 3.52. The van der Waals surface area contributed by atoms with E-state index in [1.165, 1.54) is 11.1 Å². The quantitative estimate of drug-likeness (QED) is 0.757. The zero-order valence-electron chi connectivity index (χ0n) is 11.3. The second-order valence-corrected chi connectivity index (χ2v) is 5.26. The van der Waals surface area contributed by atoms with Gasteiger partial charge >= 0.3 is 0 Å². The molecule has 100 valence electrons. The molecule has 0 saturated carbocycles. The molecule has 2 heteroatoms. The molecule has 2 aromatic carbocycles. The van der Waals surface area contributed by atoms with Crippen LogP contribution in [0.1, 0.15) is 30.5 Å². The Bertz CT molecular complexity index is 496. The lowest BCUT2D eigenvalue weighted by atomic mass is 10.1. The molecule has 19 heavy (non-hydrogen) atoms. The predicted octanol–water partition coefficient (Wildman–Crippen LogP) is 4.62. The SMILES string of the molecule is C[C@H](NCCCc1ccccc1)c1cccc(Cl)c1. The Morgan fingerprint density at radius 1 is 1.05 bits per heavy atom. The number of nitrogens with one attached hydrogen (secondary N) is 1. The maximum Gasteiger partial charge on any atom is 0.0409 e. The van der Waals surface area contributed by atoms with Gasteiger partial charge in [-0.25, -0.2) is 0 Å². The number of rotatable bonds is 6. The summed E-state index contributed by atoms with van der Waals surface area (Å²) in [7, 11) is 0. The van der Waals surface area contributed by atoms with Gasteiger partial charge in [-0.2, -0.15) is 0 Å². The molecule has 0 aliphatic heterocycles. The van der Waals surface area contributed by atoms with E-state index in [1.54, 1.807) is 0 Å². The van der Waals surface area contributed by atoms with Crippen LogP contribution in [0.25, 0.3) is 0 Å². The predicted molar refractivity (Wildman–Crippen MR) is 82.6 cm³/mol. The molecule has 0 saturated heterocycles. The maximum absolute atomic E-state index is 6.00. The molecule has 0 aliphatic carbocycles. The Labute approximate surface area is 120 Å². The van der Waals surface area contributed by atoms with Crippen LogP contribution >= 0.6 is 11.6 Å². The lowest BCUT2D eigenvalue weighted by Gasteiger charge is -2.14. The van der Waals surface area contributed by atoms with Crippen LogP contribution in [0.4, 0.5) is 0 Å². The van der Waals surface area contributed by atoms with E-state index in [9.17, 15) is 0 Å². The first kappa shape index (κ1) is 14.1. The number of hydrogen-bond donors (Lipinski definition) is 1. The van der Waals surface area contributed by atoms with E-state index in [2.05, 4.69) is 48.6 Å². The Hall–Kier alpha value is -1.31.